The third kappa shape index (κ3) is 1.50. The van der Waals surface area contributed by atoms with Gasteiger partial charge in [-0.15, -0.1) is 0 Å². The van der Waals surface area contributed by atoms with Crippen molar-refractivity contribution in [1.29, 1.82) is 0 Å². The molecule has 1 aromatic carbocycles. The minimum Gasteiger partial charge on any atom is -0.507 e. The lowest BCUT2D eigenvalue weighted by Gasteiger charge is -2.09. The van der Waals surface area contributed by atoms with E-state index in [4.69, 9.17) is 0 Å². The SMILES string of the molecule is CCn1c(=O)cc(O)c2cc(C)ccc21. The summed E-state index contributed by atoms with van der Waals surface area (Å²) >= 11 is 0. The summed E-state index contributed by atoms with van der Waals surface area (Å²) in [5, 5.41) is 10.4. The predicted molar refractivity (Wildman–Crippen MR) is 60.3 cm³/mol. The Kier molecular flexibility index (Phi) is 2.23. The molecule has 0 spiro atoms. The van der Waals surface area contributed by atoms with Gasteiger partial charge in [0, 0.05) is 18.0 Å². The van der Waals surface area contributed by atoms with E-state index >= 15 is 0 Å². The van der Waals surface area contributed by atoms with E-state index in [1.165, 1.54) is 6.07 Å². The van der Waals surface area contributed by atoms with Crippen LogP contribution in [-0.2, 0) is 6.54 Å². The van der Waals surface area contributed by atoms with E-state index in [0.29, 0.717) is 6.54 Å². The maximum absolute atomic E-state index is 11.6. The normalized spacial score (nSPS) is 10.8. The number of aromatic hydroxyl groups is 1. The molecule has 0 fully saturated rings. The molecule has 0 aliphatic carbocycles. The molecule has 0 saturated heterocycles. The largest absolute Gasteiger partial charge is 0.507 e. The van der Waals surface area contributed by atoms with Crippen LogP contribution in [0.15, 0.2) is 29.1 Å². The van der Waals surface area contributed by atoms with Crippen LogP contribution in [0, 0.1) is 6.92 Å². The molecule has 1 heterocycles. The molecule has 0 atom stereocenters. The Morgan fingerprint density at radius 2 is 2.07 bits per heavy atom. The topological polar surface area (TPSA) is 42.2 Å². The number of hydrogen-bond donors (Lipinski definition) is 1. The Hall–Kier alpha value is -1.77. The molecule has 0 saturated carbocycles. The van der Waals surface area contributed by atoms with Crippen LogP contribution >= 0.6 is 0 Å². The molecule has 0 aliphatic heterocycles. The van der Waals surface area contributed by atoms with Crippen LogP contribution in [0.5, 0.6) is 5.75 Å². The third-order valence-electron chi connectivity index (χ3n) is 2.56. The average Bonchev–Trinajstić information content (AvgIpc) is 2.19. The van der Waals surface area contributed by atoms with Gasteiger partial charge in [0.1, 0.15) is 5.75 Å². The van der Waals surface area contributed by atoms with Gasteiger partial charge in [-0.3, -0.25) is 4.79 Å². The van der Waals surface area contributed by atoms with Crippen molar-refractivity contribution in [2.75, 3.05) is 0 Å². The summed E-state index contributed by atoms with van der Waals surface area (Å²) in [4.78, 5) is 11.6. The molecule has 0 amide bonds. The standard InChI is InChI=1S/C12H13NO2/c1-3-13-10-5-4-8(2)6-9(10)11(14)7-12(13)15/h4-7,14H,3H2,1-2H3. The van der Waals surface area contributed by atoms with Gasteiger partial charge in [-0.2, -0.15) is 0 Å². The van der Waals surface area contributed by atoms with Gasteiger partial charge in [-0.25, -0.2) is 0 Å². The highest BCUT2D eigenvalue weighted by molar-refractivity contribution is 5.85. The highest BCUT2D eigenvalue weighted by Crippen LogP contribution is 2.23. The monoisotopic (exact) mass is 203 g/mol. The second-order valence-electron chi connectivity index (χ2n) is 3.63. The summed E-state index contributed by atoms with van der Waals surface area (Å²) in [6.45, 7) is 4.48. The number of pyridine rings is 1. The van der Waals surface area contributed by atoms with Gasteiger partial charge >= 0.3 is 0 Å². The number of rotatable bonds is 1. The second kappa shape index (κ2) is 3.42. The zero-order chi connectivity index (χ0) is 11.0. The first-order valence-corrected chi connectivity index (χ1v) is 4.96. The quantitative estimate of drug-likeness (QED) is 0.770. The summed E-state index contributed by atoms with van der Waals surface area (Å²) in [7, 11) is 0. The Morgan fingerprint density at radius 3 is 2.73 bits per heavy atom. The van der Waals surface area contributed by atoms with E-state index in [1.54, 1.807) is 4.57 Å². The van der Waals surface area contributed by atoms with Crippen LogP contribution in [-0.4, -0.2) is 9.67 Å². The molecule has 2 aromatic rings. The van der Waals surface area contributed by atoms with Crippen molar-refractivity contribution in [2.24, 2.45) is 0 Å². The van der Waals surface area contributed by atoms with Gasteiger partial charge in [0.25, 0.3) is 5.56 Å². The number of nitrogens with zero attached hydrogens (tertiary/aromatic N) is 1. The molecular weight excluding hydrogens is 190 g/mol. The highest BCUT2D eigenvalue weighted by Gasteiger charge is 2.06. The molecule has 2 rings (SSSR count). The van der Waals surface area contributed by atoms with E-state index in [0.717, 1.165) is 16.5 Å². The second-order valence-corrected chi connectivity index (χ2v) is 3.63. The molecule has 0 radical (unpaired) electrons. The molecule has 0 bridgehead atoms. The lowest BCUT2D eigenvalue weighted by Crippen LogP contribution is -2.18. The van der Waals surface area contributed by atoms with Crippen LogP contribution in [0.1, 0.15) is 12.5 Å². The van der Waals surface area contributed by atoms with E-state index in [1.807, 2.05) is 32.0 Å². The first kappa shape index (κ1) is 9.77. The molecule has 3 heteroatoms. The molecule has 1 N–H and O–H groups in total. The number of fused-ring (bicyclic) bond motifs is 1. The van der Waals surface area contributed by atoms with Crippen LogP contribution in [0.25, 0.3) is 10.9 Å². The smallest absolute Gasteiger partial charge is 0.254 e. The minimum atomic E-state index is -0.161. The van der Waals surface area contributed by atoms with Gasteiger partial charge in [0.05, 0.1) is 5.52 Å². The third-order valence-corrected chi connectivity index (χ3v) is 2.56. The number of benzene rings is 1. The summed E-state index contributed by atoms with van der Waals surface area (Å²) in [5.74, 6) is 0.0587. The molecule has 0 unspecified atom stereocenters. The minimum absolute atomic E-state index is 0.0587. The zero-order valence-electron chi connectivity index (χ0n) is 8.82. The van der Waals surface area contributed by atoms with Gasteiger partial charge in [-0.05, 0) is 26.0 Å². The molecule has 1 aromatic heterocycles. The van der Waals surface area contributed by atoms with Gasteiger partial charge in [0.15, 0.2) is 0 Å². The molecule has 0 aliphatic rings. The van der Waals surface area contributed by atoms with Crippen LogP contribution in [0.3, 0.4) is 0 Å². The highest BCUT2D eigenvalue weighted by atomic mass is 16.3. The Bertz CT molecular complexity index is 570. The van der Waals surface area contributed by atoms with Gasteiger partial charge in [-0.1, -0.05) is 11.6 Å². The maximum atomic E-state index is 11.6. The van der Waals surface area contributed by atoms with E-state index in [-0.39, 0.29) is 11.3 Å². The number of hydrogen-bond acceptors (Lipinski definition) is 2. The molecule has 15 heavy (non-hydrogen) atoms. The predicted octanol–water partition coefficient (Wildman–Crippen LogP) is 2.04. The number of aromatic nitrogens is 1. The van der Waals surface area contributed by atoms with Crippen LogP contribution in [0.2, 0.25) is 0 Å². The van der Waals surface area contributed by atoms with E-state index in [9.17, 15) is 9.90 Å². The fourth-order valence-electron chi connectivity index (χ4n) is 1.81. The van der Waals surface area contributed by atoms with Crippen molar-refractivity contribution in [3.8, 4) is 5.75 Å². The molecule has 78 valence electrons. The summed E-state index contributed by atoms with van der Waals surface area (Å²) in [6.07, 6.45) is 0. The van der Waals surface area contributed by atoms with Crippen molar-refractivity contribution >= 4 is 10.9 Å². The van der Waals surface area contributed by atoms with Crippen molar-refractivity contribution in [1.82, 2.24) is 4.57 Å². The van der Waals surface area contributed by atoms with E-state index in [2.05, 4.69) is 0 Å². The van der Waals surface area contributed by atoms with Crippen molar-refractivity contribution in [2.45, 2.75) is 20.4 Å². The van der Waals surface area contributed by atoms with Crippen molar-refractivity contribution in [3.63, 3.8) is 0 Å². The van der Waals surface area contributed by atoms with Crippen LogP contribution in [0.4, 0.5) is 0 Å². The molecule has 3 nitrogen and oxygen atoms in total. The van der Waals surface area contributed by atoms with Crippen molar-refractivity contribution in [3.05, 3.63) is 40.2 Å². The average molecular weight is 203 g/mol. The fourth-order valence-corrected chi connectivity index (χ4v) is 1.81. The Morgan fingerprint density at radius 1 is 1.33 bits per heavy atom. The number of aryl methyl sites for hydroxylation is 2. The Balaban J connectivity index is 2.96. The Labute approximate surface area is 87.6 Å². The van der Waals surface area contributed by atoms with Crippen molar-refractivity contribution < 1.29 is 5.11 Å². The fraction of sp³-hybridized carbons (Fsp3) is 0.250. The van der Waals surface area contributed by atoms with Crippen LogP contribution < -0.4 is 5.56 Å². The lowest BCUT2D eigenvalue weighted by molar-refractivity contribution is 0.479. The first-order valence-electron chi connectivity index (χ1n) is 4.96. The van der Waals surface area contributed by atoms with E-state index < -0.39 is 0 Å². The van der Waals surface area contributed by atoms with Gasteiger partial charge < -0.3 is 9.67 Å². The first-order chi connectivity index (χ1) is 7.13. The van der Waals surface area contributed by atoms with Gasteiger partial charge in [0.2, 0.25) is 0 Å². The molecular formula is C12H13NO2. The maximum Gasteiger partial charge on any atom is 0.254 e. The zero-order valence-corrected chi connectivity index (χ0v) is 8.82. The summed E-state index contributed by atoms with van der Waals surface area (Å²) in [6, 6.07) is 6.96. The lowest BCUT2D eigenvalue weighted by atomic mass is 10.1. The summed E-state index contributed by atoms with van der Waals surface area (Å²) in [5.41, 5.74) is 1.69. The summed E-state index contributed by atoms with van der Waals surface area (Å²) < 4.78 is 1.65.